The number of fused-ring (bicyclic) bond motifs is 1. The molecule has 1 amide bonds. The van der Waals surface area contributed by atoms with Gasteiger partial charge in [0.25, 0.3) is 8.32 Å². The lowest BCUT2D eigenvalue weighted by Gasteiger charge is -2.38. The number of rotatable bonds is 11. The van der Waals surface area contributed by atoms with Crippen LogP contribution in [0.3, 0.4) is 0 Å². The number of benzene rings is 2. The van der Waals surface area contributed by atoms with E-state index in [2.05, 4.69) is 84.8 Å². The molecule has 2 atom stereocenters. The predicted octanol–water partition coefficient (Wildman–Crippen LogP) is 3.82. The molecule has 172 valence electrons. The van der Waals surface area contributed by atoms with Crippen LogP contribution in [0.1, 0.15) is 31.5 Å². The van der Waals surface area contributed by atoms with Crippen LogP contribution in [-0.4, -0.2) is 38.1 Å². The van der Waals surface area contributed by atoms with E-state index in [9.17, 15) is 4.79 Å². The van der Waals surface area contributed by atoms with Gasteiger partial charge in [-0.15, -0.1) is 6.58 Å². The molecule has 0 unspecified atom stereocenters. The first-order chi connectivity index (χ1) is 16.2. The molecular weight excluding hydrogens is 426 g/mol. The summed E-state index contributed by atoms with van der Waals surface area (Å²) in [6.07, 6.45) is 5.84. The number of carbonyl (C=O) groups is 1. The number of hydrogen-bond acceptors (Lipinski definition) is 3. The lowest BCUT2D eigenvalue weighted by atomic mass is 10.0. The van der Waals surface area contributed by atoms with Crippen molar-refractivity contribution in [3.8, 4) is 0 Å². The minimum absolute atomic E-state index is 0.0554. The van der Waals surface area contributed by atoms with E-state index in [-0.39, 0.29) is 18.1 Å². The minimum Gasteiger partial charge on any atom is -0.406 e. The van der Waals surface area contributed by atoms with Gasteiger partial charge in [0.05, 0.1) is 18.7 Å². The smallest absolute Gasteiger partial charge is 0.326 e. The summed E-state index contributed by atoms with van der Waals surface area (Å²) in [4.78, 5) is 12.8. The van der Waals surface area contributed by atoms with Crippen molar-refractivity contribution in [1.82, 2.24) is 15.2 Å². The normalized spacial score (nSPS) is 17.9. The Hall–Kier alpha value is -2.93. The summed E-state index contributed by atoms with van der Waals surface area (Å²) in [5, 5.41) is 9.24. The van der Waals surface area contributed by atoms with Crippen LogP contribution in [0.15, 0.2) is 91.6 Å². The van der Waals surface area contributed by atoms with E-state index in [4.69, 9.17) is 4.43 Å². The van der Waals surface area contributed by atoms with Crippen molar-refractivity contribution < 1.29 is 9.22 Å². The lowest BCUT2D eigenvalue weighted by molar-refractivity contribution is 0.194. The highest BCUT2D eigenvalue weighted by molar-refractivity contribution is 6.97. The van der Waals surface area contributed by atoms with E-state index in [0.717, 1.165) is 24.6 Å². The third kappa shape index (κ3) is 4.88. The Bertz CT molecular complexity index is 1010. The fraction of sp³-hybridized carbons (Fsp3) is 0.296. The second kappa shape index (κ2) is 10.8. The molecule has 1 aliphatic rings. The maximum absolute atomic E-state index is 12.8. The van der Waals surface area contributed by atoms with Crippen molar-refractivity contribution in [1.29, 1.82) is 0 Å². The quantitative estimate of drug-likeness (QED) is 0.339. The average molecular weight is 460 g/mol. The first kappa shape index (κ1) is 23.2. The van der Waals surface area contributed by atoms with Crippen LogP contribution in [0, 0.1) is 0 Å². The van der Waals surface area contributed by atoms with Crippen LogP contribution in [0.25, 0.3) is 0 Å². The first-order valence-corrected chi connectivity index (χ1v) is 13.9. The highest BCUT2D eigenvalue weighted by atomic mass is 28.4. The van der Waals surface area contributed by atoms with Crippen LogP contribution in [0.4, 0.5) is 4.79 Å². The van der Waals surface area contributed by atoms with Crippen LogP contribution < -0.4 is 21.0 Å². The molecule has 2 aromatic carbocycles. The number of unbranched alkanes of at least 4 members (excludes halogenated alkanes) is 1. The molecule has 0 saturated heterocycles. The molecule has 0 radical (unpaired) electrons. The SMILES string of the molecule is C=CCN[C@@H]1c2cccn2C(=O)N[C@H]1CO[Si](CCCC)(c1ccccc1)c1ccccc1. The predicted molar refractivity (Wildman–Crippen MR) is 137 cm³/mol. The number of hydrogen-bond donors (Lipinski definition) is 2. The molecule has 3 aromatic rings. The zero-order chi connectivity index (χ0) is 23.1. The zero-order valence-electron chi connectivity index (χ0n) is 19.2. The fourth-order valence-corrected chi connectivity index (χ4v) is 8.88. The van der Waals surface area contributed by atoms with Gasteiger partial charge in [0, 0.05) is 18.4 Å². The van der Waals surface area contributed by atoms with Gasteiger partial charge in [-0.1, -0.05) is 86.5 Å². The molecule has 0 fully saturated rings. The molecular formula is C27H33N3O2Si. The molecule has 0 spiro atoms. The number of carbonyl (C=O) groups excluding carboxylic acids is 1. The molecule has 0 aliphatic carbocycles. The molecule has 1 aliphatic heterocycles. The standard InChI is InChI=1S/C27H33N3O2Si/c1-3-5-20-33(22-13-8-6-9-14-22,23-15-10-7-11-16-23)32-21-24-26(28-18-4-2)25-17-12-19-30(25)27(31)29-24/h4,6-17,19,24,26,28H,2-3,5,18,20-21H2,1H3,(H,29,31)/t24-,26-/m0/s1. The van der Waals surface area contributed by atoms with E-state index in [1.807, 2.05) is 18.2 Å². The fourth-order valence-electron chi connectivity index (χ4n) is 4.71. The molecule has 0 saturated carbocycles. The topological polar surface area (TPSA) is 55.3 Å². The minimum atomic E-state index is -2.52. The third-order valence-corrected chi connectivity index (χ3v) is 10.6. The van der Waals surface area contributed by atoms with Crippen LogP contribution in [-0.2, 0) is 4.43 Å². The summed E-state index contributed by atoms with van der Waals surface area (Å²) in [7, 11) is -2.52. The Morgan fingerprint density at radius 3 is 2.33 bits per heavy atom. The van der Waals surface area contributed by atoms with Crippen molar-refractivity contribution in [2.75, 3.05) is 13.2 Å². The maximum Gasteiger partial charge on any atom is 0.326 e. The second-order valence-corrected chi connectivity index (χ2v) is 12.1. The van der Waals surface area contributed by atoms with Gasteiger partial charge in [-0.3, -0.25) is 4.57 Å². The zero-order valence-corrected chi connectivity index (χ0v) is 20.2. The Balaban J connectivity index is 1.69. The maximum atomic E-state index is 12.8. The summed E-state index contributed by atoms with van der Waals surface area (Å²) in [6.45, 7) is 7.15. The Kier molecular flexibility index (Phi) is 7.60. The molecule has 1 aromatic heterocycles. The second-order valence-electron chi connectivity index (χ2n) is 8.51. The Morgan fingerprint density at radius 2 is 1.73 bits per heavy atom. The Labute approximate surface area is 197 Å². The van der Waals surface area contributed by atoms with Gasteiger partial charge in [0.1, 0.15) is 0 Å². The van der Waals surface area contributed by atoms with Gasteiger partial charge in [-0.25, -0.2) is 4.79 Å². The third-order valence-electron chi connectivity index (χ3n) is 6.38. The van der Waals surface area contributed by atoms with Gasteiger partial charge in [0.2, 0.25) is 0 Å². The summed E-state index contributed by atoms with van der Waals surface area (Å²) in [6, 6.07) is 25.9. The van der Waals surface area contributed by atoms with Gasteiger partial charge in [0.15, 0.2) is 0 Å². The first-order valence-electron chi connectivity index (χ1n) is 11.8. The van der Waals surface area contributed by atoms with E-state index in [1.54, 1.807) is 10.8 Å². The monoisotopic (exact) mass is 459 g/mol. The molecule has 2 heterocycles. The summed E-state index contributed by atoms with van der Waals surface area (Å²) < 4.78 is 8.72. The molecule has 33 heavy (non-hydrogen) atoms. The number of amides is 1. The number of aromatic nitrogens is 1. The highest BCUT2D eigenvalue weighted by Crippen LogP contribution is 2.25. The van der Waals surface area contributed by atoms with E-state index in [1.165, 1.54) is 10.4 Å². The summed E-state index contributed by atoms with van der Waals surface area (Å²) in [5.74, 6) is 0. The van der Waals surface area contributed by atoms with Crippen LogP contribution in [0.5, 0.6) is 0 Å². The molecule has 4 rings (SSSR count). The van der Waals surface area contributed by atoms with E-state index < -0.39 is 8.32 Å². The van der Waals surface area contributed by atoms with Crippen molar-refractivity contribution >= 4 is 24.7 Å². The van der Waals surface area contributed by atoms with Crippen molar-refractivity contribution in [2.24, 2.45) is 0 Å². The molecule has 2 N–H and O–H groups in total. The average Bonchev–Trinajstić information content (AvgIpc) is 3.36. The number of nitrogens with one attached hydrogen (secondary N) is 2. The molecule has 5 nitrogen and oxygen atoms in total. The molecule has 0 bridgehead atoms. The van der Waals surface area contributed by atoms with Gasteiger partial charge in [-0.05, 0) is 28.6 Å². The van der Waals surface area contributed by atoms with Crippen LogP contribution in [0.2, 0.25) is 6.04 Å². The Morgan fingerprint density at radius 1 is 1.06 bits per heavy atom. The highest BCUT2D eigenvalue weighted by Gasteiger charge is 2.41. The largest absolute Gasteiger partial charge is 0.406 e. The molecule has 6 heteroatoms. The van der Waals surface area contributed by atoms with Gasteiger partial charge < -0.3 is 15.1 Å². The summed E-state index contributed by atoms with van der Waals surface area (Å²) >= 11 is 0. The van der Waals surface area contributed by atoms with Gasteiger partial charge in [-0.2, -0.15) is 0 Å². The van der Waals surface area contributed by atoms with Gasteiger partial charge >= 0.3 is 6.03 Å². The van der Waals surface area contributed by atoms with E-state index >= 15 is 0 Å². The van der Waals surface area contributed by atoms with Crippen molar-refractivity contribution in [3.05, 3.63) is 97.3 Å². The lowest BCUT2D eigenvalue weighted by Crippen LogP contribution is -2.63. The summed E-state index contributed by atoms with van der Waals surface area (Å²) in [5.41, 5.74) is 0.953. The van der Waals surface area contributed by atoms with E-state index in [0.29, 0.717) is 13.2 Å². The van der Waals surface area contributed by atoms with Crippen LogP contribution >= 0.6 is 0 Å². The van der Waals surface area contributed by atoms with Crippen molar-refractivity contribution in [2.45, 2.75) is 37.9 Å². The number of nitrogens with zero attached hydrogens (tertiary/aromatic N) is 1. The van der Waals surface area contributed by atoms with Crippen molar-refractivity contribution in [3.63, 3.8) is 0 Å².